The molecule has 4 nitrogen and oxygen atoms in total. The second kappa shape index (κ2) is 7.54. The number of benzene rings is 3. The Bertz CT molecular complexity index is 1790. The van der Waals surface area contributed by atoms with Gasteiger partial charge < -0.3 is 4.98 Å². The van der Waals surface area contributed by atoms with E-state index in [4.69, 9.17) is 4.99 Å². The van der Waals surface area contributed by atoms with E-state index in [1.165, 1.54) is 28.0 Å². The Balaban J connectivity index is 1.50. The molecule has 2 aliphatic rings. The maximum Gasteiger partial charge on any atom is 0.271 e. The highest BCUT2D eigenvalue weighted by Crippen LogP contribution is 2.41. The maximum atomic E-state index is 13.8. The molecule has 1 N–H and O–H groups in total. The first-order valence-corrected chi connectivity index (χ1v) is 12.3. The van der Waals surface area contributed by atoms with Crippen LogP contribution in [0.5, 0.6) is 0 Å². The molecule has 0 saturated heterocycles. The van der Waals surface area contributed by atoms with Crippen LogP contribution in [0.4, 0.5) is 0 Å². The molecule has 1 aliphatic heterocycles. The van der Waals surface area contributed by atoms with Crippen molar-refractivity contribution < 1.29 is 0 Å². The number of H-pyrrole nitrogens is 1. The lowest BCUT2D eigenvalue weighted by Gasteiger charge is -2.30. The summed E-state index contributed by atoms with van der Waals surface area (Å²) in [7, 11) is 0. The summed E-state index contributed by atoms with van der Waals surface area (Å²) in [6, 6.07) is 26.9. The molecule has 0 spiro atoms. The summed E-state index contributed by atoms with van der Waals surface area (Å²) >= 11 is 1.48. The van der Waals surface area contributed by atoms with Crippen molar-refractivity contribution in [2.24, 2.45) is 4.99 Å². The summed E-state index contributed by atoms with van der Waals surface area (Å²) in [5, 5.41) is 1.11. The predicted molar refractivity (Wildman–Crippen MR) is 137 cm³/mol. The Morgan fingerprint density at radius 1 is 0.941 bits per heavy atom. The average molecular weight is 460 g/mol. The number of nitrogens with one attached hydrogen (secondary N) is 1. The Morgan fingerprint density at radius 2 is 1.74 bits per heavy atom. The van der Waals surface area contributed by atoms with Crippen molar-refractivity contribution in [2.45, 2.75) is 18.9 Å². The zero-order valence-electron chi connectivity index (χ0n) is 18.4. The Kier molecular flexibility index (Phi) is 4.32. The monoisotopic (exact) mass is 459 g/mol. The second-order valence-corrected chi connectivity index (χ2v) is 9.82. The van der Waals surface area contributed by atoms with Crippen molar-refractivity contribution in [2.75, 3.05) is 0 Å². The fourth-order valence-corrected chi connectivity index (χ4v) is 6.30. The maximum absolute atomic E-state index is 13.8. The Morgan fingerprint density at radius 3 is 2.65 bits per heavy atom. The van der Waals surface area contributed by atoms with E-state index < -0.39 is 0 Å². The van der Waals surface area contributed by atoms with Crippen molar-refractivity contribution in [1.82, 2.24) is 9.55 Å². The van der Waals surface area contributed by atoms with E-state index in [2.05, 4.69) is 53.5 Å². The van der Waals surface area contributed by atoms with Crippen LogP contribution in [0.3, 0.4) is 0 Å². The predicted octanol–water partition coefficient (Wildman–Crippen LogP) is 4.80. The normalized spacial score (nSPS) is 17.3. The highest BCUT2D eigenvalue weighted by Gasteiger charge is 2.32. The third-order valence-electron chi connectivity index (χ3n) is 6.90. The third kappa shape index (κ3) is 2.90. The van der Waals surface area contributed by atoms with Crippen LogP contribution in [0.15, 0.2) is 100 Å². The molecular formula is C29H21N3OS. The lowest BCUT2D eigenvalue weighted by Crippen LogP contribution is -2.38. The SMILES string of the molecule is O=c1/c(=C/c2c[nH]c3ccccc23)sc2n1[C@@H](c1ccccc1)C1=C(N=2)c2ccccc2CC1. The van der Waals surface area contributed by atoms with Crippen LogP contribution in [0.2, 0.25) is 0 Å². The van der Waals surface area contributed by atoms with E-state index >= 15 is 0 Å². The van der Waals surface area contributed by atoms with Crippen LogP contribution < -0.4 is 14.9 Å². The largest absolute Gasteiger partial charge is 0.361 e. The molecule has 0 unspecified atom stereocenters. The van der Waals surface area contributed by atoms with Gasteiger partial charge in [0.1, 0.15) is 0 Å². The highest BCUT2D eigenvalue weighted by molar-refractivity contribution is 7.07. The third-order valence-corrected chi connectivity index (χ3v) is 7.88. The molecule has 5 heteroatoms. The fourth-order valence-electron chi connectivity index (χ4n) is 5.31. The van der Waals surface area contributed by atoms with Crippen LogP contribution in [0, 0.1) is 0 Å². The Hall–Kier alpha value is -3.96. The van der Waals surface area contributed by atoms with Gasteiger partial charge in [-0.1, -0.05) is 84.1 Å². The number of aryl methyl sites for hydroxylation is 1. The number of allylic oxidation sites excluding steroid dienone is 1. The standard InChI is InChI=1S/C29H21N3OS/c33-28-25(16-20-17-30-24-13-7-6-11-21(20)24)34-29-31-26-22-12-5-4-8-18(22)14-15-23(26)27(32(28)29)19-9-2-1-3-10-19/h1-13,16-17,27,30H,14-15H2/b25-16-/t27-/m0/s1. The van der Waals surface area contributed by atoms with E-state index in [-0.39, 0.29) is 11.6 Å². The van der Waals surface area contributed by atoms with Crippen LogP contribution in [-0.4, -0.2) is 9.55 Å². The lowest BCUT2D eigenvalue weighted by molar-refractivity contribution is 0.585. The molecule has 164 valence electrons. The number of hydrogen-bond acceptors (Lipinski definition) is 3. The summed E-state index contributed by atoms with van der Waals surface area (Å²) in [4.78, 5) is 23.0. The molecule has 0 saturated carbocycles. The molecule has 1 aliphatic carbocycles. The molecule has 3 heterocycles. The van der Waals surface area contributed by atoms with Gasteiger partial charge in [0.15, 0.2) is 4.80 Å². The molecule has 0 amide bonds. The smallest absolute Gasteiger partial charge is 0.271 e. The van der Waals surface area contributed by atoms with E-state index in [1.807, 2.05) is 47.2 Å². The number of fused-ring (bicyclic) bond motifs is 4. The Labute approximate surface area is 199 Å². The minimum Gasteiger partial charge on any atom is -0.361 e. The summed E-state index contributed by atoms with van der Waals surface area (Å²) in [5.41, 5.74) is 8.03. The van der Waals surface area contributed by atoms with Crippen molar-refractivity contribution in [3.63, 3.8) is 0 Å². The van der Waals surface area contributed by atoms with E-state index in [1.54, 1.807) is 0 Å². The van der Waals surface area contributed by atoms with E-state index in [0.29, 0.717) is 4.53 Å². The van der Waals surface area contributed by atoms with Crippen molar-refractivity contribution in [3.8, 4) is 0 Å². The zero-order valence-corrected chi connectivity index (χ0v) is 19.2. The summed E-state index contributed by atoms with van der Waals surface area (Å²) < 4.78 is 2.62. The number of nitrogens with zero attached hydrogens (tertiary/aromatic N) is 2. The van der Waals surface area contributed by atoms with Gasteiger partial charge in [0.25, 0.3) is 5.56 Å². The van der Waals surface area contributed by atoms with Gasteiger partial charge in [0.2, 0.25) is 0 Å². The molecular weight excluding hydrogens is 438 g/mol. The van der Waals surface area contributed by atoms with Crippen molar-refractivity contribution in [1.29, 1.82) is 0 Å². The molecule has 1 atom stereocenters. The van der Waals surface area contributed by atoms with Gasteiger partial charge in [0.05, 0.1) is 16.3 Å². The molecule has 5 aromatic rings. The number of aromatic amines is 1. The van der Waals surface area contributed by atoms with Gasteiger partial charge in [0, 0.05) is 28.2 Å². The lowest BCUT2D eigenvalue weighted by atomic mass is 9.83. The number of rotatable bonds is 2. The first-order valence-electron chi connectivity index (χ1n) is 11.5. The summed E-state index contributed by atoms with van der Waals surface area (Å²) in [5.74, 6) is 0. The summed E-state index contributed by atoms with van der Waals surface area (Å²) in [6.45, 7) is 0. The van der Waals surface area contributed by atoms with Crippen LogP contribution in [-0.2, 0) is 6.42 Å². The van der Waals surface area contributed by atoms with Crippen molar-refractivity contribution >= 4 is 34.0 Å². The van der Waals surface area contributed by atoms with Gasteiger partial charge in [-0.3, -0.25) is 9.36 Å². The van der Waals surface area contributed by atoms with Gasteiger partial charge in [-0.25, -0.2) is 4.99 Å². The van der Waals surface area contributed by atoms with Crippen LogP contribution >= 0.6 is 11.3 Å². The highest BCUT2D eigenvalue weighted by atomic mass is 32.1. The van der Waals surface area contributed by atoms with Crippen molar-refractivity contribution in [3.05, 3.63) is 133 Å². The quantitative estimate of drug-likeness (QED) is 0.405. The minimum atomic E-state index is -0.133. The molecule has 34 heavy (non-hydrogen) atoms. The molecule has 0 fully saturated rings. The molecule has 0 radical (unpaired) electrons. The first kappa shape index (κ1) is 19.5. The number of para-hydroxylation sites is 1. The van der Waals surface area contributed by atoms with Crippen LogP contribution in [0.25, 0.3) is 22.7 Å². The van der Waals surface area contributed by atoms with Crippen LogP contribution in [0.1, 0.15) is 34.7 Å². The minimum absolute atomic E-state index is 0.0216. The first-order chi connectivity index (χ1) is 16.8. The number of aromatic nitrogens is 2. The number of hydrogen-bond donors (Lipinski definition) is 1. The average Bonchev–Trinajstić information content (AvgIpc) is 3.44. The molecule has 2 aromatic heterocycles. The van der Waals surface area contributed by atoms with E-state index in [0.717, 1.165) is 45.4 Å². The molecule has 0 bridgehead atoms. The topological polar surface area (TPSA) is 50.1 Å². The number of thiazole rings is 1. The second-order valence-electron chi connectivity index (χ2n) is 8.81. The summed E-state index contributed by atoms with van der Waals surface area (Å²) in [6.07, 6.45) is 5.84. The van der Waals surface area contributed by atoms with E-state index in [9.17, 15) is 4.79 Å². The van der Waals surface area contributed by atoms with Gasteiger partial charge >= 0.3 is 0 Å². The molecule has 7 rings (SSSR count). The van der Waals surface area contributed by atoms with Gasteiger partial charge in [-0.05, 0) is 41.7 Å². The fraction of sp³-hybridized carbons (Fsp3) is 0.103. The zero-order chi connectivity index (χ0) is 22.6. The van der Waals surface area contributed by atoms with Gasteiger partial charge in [-0.15, -0.1) is 0 Å². The molecule has 3 aromatic carbocycles. The van der Waals surface area contributed by atoms with Gasteiger partial charge in [-0.2, -0.15) is 0 Å².